The van der Waals surface area contributed by atoms with E-state index in [-0.39, 0.29) is 10.5 Å². The van der Waals surface area contributed by atoms with Gasteiger partial charge in [-0.15, -0.1) is 0 Å². The Morgan fingerprint density at radius 1 is 1.00 bits per heavy atom. The van der Waals surface area contributed by atoms with Crippen LogP contribution in [0, 0.1) is 6.92 Å². The van der Waals surface area contributed by atoms with Gasteiger partial charge in [-0.05, 0) is 38.1 Å². The Morgan fingerprint density at radius 3 is 2.24 bits per heavy atom. The number of rotatable bonds is 5. The van der Waals surface area contributed by atoms with Gasteiger partial charge < -0.3 is 19.7 Å². The van der Waals surface area contributed by atoms with E-state index in [2.05, 4.69) is 0 Å². The highest BCUT2D eigenvalue weighted by molar-refractivity contribution is 7.86. The van der Waals surface area contributed by atoms with Crippen LogP contribution >= 0.6 is 0 Å². The largest absolute Gasteiger partial charge is 0.453 e. The van der Waals surface area contributed by atoms with Crippen LogP contribution in [0.1, 0.15) is 22.8 Å². The number of carbonyl (C=O) groups is 1. The van der Waals surface area contributed by atoms with Gasteiger partial charge in [0.05, 0.1) is 16.6 Å². The number of hydrogen-bond donors (Lipinski definition) is 2. The number of aliphatic hydroxyl groups is 2. The monoisotopic (exact) mass is 422 g/mol. The van der Waals surface area contributed by atoms with Crippen LogP contribution in [-0.2, 0) is 23.8 Å². The molecule has 0 aliphatic carbocycles. The number of hydrogen-bond acceptors (Lipinski definition) is 8. The maximum atomic E-state index is 12.5. The van der Waals surface area contributed by atoms with Crippen LogP contribution in [0.2, 0.25) is 0 Å². The summed E-state index contributed by atoms with van der Waals surface area (Å²) in [6.07, 6.45) is -7.18. The number of aryl methyl sites for hydroxylation is 1. The Hall–Kier alpha value is -2.30. The summed E-state index contributed by atoms with van der Waals surface area (Å²) in [5.74, 6) is -0.721. The first-order valence-electron chi connectivity index (χ1n) is 8.96. The Balaban J connectivity index is 1.78. The van der Waals surface area contributed by atoms with Gasteiger partial charge in [-0.25, -0.2) is 4.79 Å². The van der Waals surface area contributed by atoms with Crippen molar-refractivity contribution in [1.82, 2.24) is 0 Å². The molecule has 0 bridgehead atoms. The van der Waals surface area contributed by atoms with Crippen LogP contribution in [0.3, 0.4) is 0 Å². The van der Waals surface area contributed by atoms with Crippen molar-refractivity contribution < 1.29 is 37.1 Å². The zero-order valence-corrected chi connectivity index (χ0v) is 16.7. The number of ether oxygens (including phenoxy) is 2. The minimum atomic E-state index is -4.30. The first-order chi connectivity index (χ1) is 13.7. The van der Waals surface area contributed by atoms with E-state index in [9.17, 15) is 23.4 Å². The molecule has 8 nitrogen and oxygen atoms in total. The molecule has 5 atom stereocenters. The molecule has 0 unspecified atom stereocenters. The molecule has 1 fully saturated rings. The maximum Gasteiger partial charge on any atom is 0.338 e. The number of aliphatic hydroxyl groups excluding tert-OH is 2. The zero-order valence-electron chi connectivity index (χ0n) is 15.8. The van der Waals surface area contributed by atoms with Crippen LogP contribution in [-0.4, -0.2) is 55.3 Å². The number of carbonyl (C=O) groups excluding carboxylic acids is 1. The summed E-state index contributed by atoms with van der Waals surface area (Å²) < 4.78 is 40.7. The smallest absolute Gasteiger partial charge is 0.338 e. The molecule has 1 aliphatic rings. The lowest BCUT2D eigenvalue weighted by Gasteiger charge is -2.40. The molecule has 2 aromatic rings. The van der Waals surface area contributed by atoms with Crippen molar-refractivity contribution in [2.45, 2.75) is 49.4 Å². The molecule has 2 aromatic carbocycles. The lowest BCUT2D eigenvalue weighted by Crippen LogP contribution is -2.59. The van der Waals surface area contributed by atoms with Gasteiger partial charge in [0.1, 0.15) is 6.10 Å². The van der Waals surface area contributed by atoms with Crippen LogP contribution in [0.15, 0.2) is 59.5 Å². The predicted molar refractivity (Wildman–Crippen MR) is 101 cm³/mol. The average molecular weight is 422 g/mol. The third kappa shape index (κ3) is 4.82. The van der Waals surface area contributed by atoms with E-state index in [1.54, 1.807) is 37.3 Å². The summed E-state index contributed by atoms with van der Waals surface area (Å²) in [6.45, 7) is 3.28. The predicted octanol–water partition coefficient (Wildman–Crippen LogP) is 1.39. The molecule has 0 saturated carbocycles. The van der Waals surface area contributed by atoms with E-state index in [1.807, 2.05) is 0 Å². The van der Waals surface area contributed by atoms with Crippen LogP contribution in [0.4, 0.5) is 0 Å². The zero-order chi connectivity index (χ0) is 21.2. The Kier molecular flexibility index (Phi) is 6.35. The standard InChI is InChI=1S/C20H22O8S/c1-12-8-10-15(11-9-12)29(24,25)28-18-16(21)17(13(2)26-20(18)23)27-19(22)14-6-4-3-5-7-14/h3-11,13,16-18,20-21,23H,1-2H3/t13-,16+,17-,18+,20+/m1/s1. The summed E-state index contributed by atoms with van der Waals surface area (Å²) in [5.41, 5.74) is 1.11. The molecule has 2 N–H and O–H groups in total. The van der Waals surface area contributed by atoms with Crippen LogP contribution in [0.25, 0.3) is 0 Å². The second-order valence-electron chi connectivity index (χ2n) is 6.79. The fraction of sp³-hybridized carbons (Fsp3) is 0.350. The third-order valence-corrected chi connectivity index (χ3v) is 5.90. The summed E-state index contributed by atoms with van der Waals surface area (Å²) in [4.78, 5) is 12.2. The van der Waals surface area contributed by atoms with Gasteiger partial charge in [0.25, 0.3) is 10.1 Å². The number of esters is 1. The van der Waals surface area contributed by atoms with Crippen molar-refractivity contribution in [1.29, 1.82) is 0 Å². The van der Waals surface area contributed by atoms with Gasteiger partial charge in [0.15, 0.2) is 18.5 Å². The molecule has 156 valence electrons. The molecule has 3 rings (SSSR count). The Bertz CT molecular complexity index is 942. The first kappa shape index (κ1) is 21.4. The molecule has 29 heavy (non-hydrogen) atoms. The average Bonchev–Trinajstić information content (AvgIpc) is 2.69. The third-order valence-electron chi connectivity index (χ3n) is 4.57. The van der Waals surface area contributed by atoms with Crippen molar-refractivity contribution in [3.63, 3.8) is 0 Å². The minimum Gasteiger partial charge on any atom is -0.453 e. The quantitative estimate of drug-likeness (QED) is 0.548. The highest BCUT2D eigenvalue weighted by Gasteiger charge is 2.48. The van der Waals surface area contributed by atoms with E-state index >= 15 is 0 Å². The highest BCUT2D eigenvalue weighted by Crippen LogP contribution is 2.28. The Labute approximate surface area is 168 Å². The normalized spacial score (nSPS) is 27.4. The van der Waals surface area contributed by atoms with Crippen LogP contribution in [0.5, 0.6) is 0 Å². The molecule has 1 aliphatic heterocycles. The summed E-state index contributed by atoms with van der Waals surface area (Å²) in [6, 6.07) is 14.0. The van der Waals surface area contributed by atoms with E-state index in [0.717, 1.165) is 5.56 Å². The second-order valence-corrected chi connectivity index (χ2v) is 8.36. The van der Waals surface area contributed by atoms with E-state index in [4.69, 9.17) is 13.7 Å². The lowest BCUT2D eigenvalue weighted by atomic mass is 9.99. The van der Waals surface area contributed by atoms with Crippen molar-refractivity contribution in [2.75, 3.05) is 0 Å². The summed E-state index contributed by atoms with van der Waals surface area (Å²) in [5, 5.41) is 20.7. The Morgan fingerprint density at radius 2 is 1.62 bits per heavy atom. The first-order valence-corrected chi connectivity index (χ1v) is 10.4. The summed E-state index contributed by atoms with van der Waals surface area (Å²) in [7, 11) is -4.30. The molecular weight excluding hydrogens is 400 g/mol. The van der Waals surface area contributed by atoms with Gasteiger partial charge in [-0.1, -0.05) is 35.9 Å². The SMILES string of the molecule is Cc1ccc(S(=O)(=O)O[C@H]2[C@@H](O)[C@H](OC(=O)c3ccccc3)[C@@H](C)O[C@@H]2O)cc1. The maximum absolute atomic E-state index is 12.5. The van der Waals surface area contributed by atoms with Gasteiger partial charge in [0, 0.05) is 0 Å². The second kappa shape index (κ2) is 8.60. The van der Waals surface area contributed by atoms with E-state index in [1.165, 1.54) is 31.2 Å². The molecule has 0 amide bonds. The van der Waals surface area contributed by atoms with Crippen molar-refractivity contribution in [3.8, 4) is 0 Å². The molecule has 0 aromatic heterocycles. The van der Waals surface area contributed by atoms with Gasteiger partial charge in [-0.3, -0.25) is 4.18 Å². The van der Waals surface area contributed by atoms with Gasteiger partial charge >= 0.3 is 5.97 Å². The molecule has 0 radical (unpaired) electrons. The van der Waals surface area contributed by atoms with E-state index < -0.39 is 46.8 Å². The highest BCUT2D eigenvalue weighted by atomic mass is 32.2. The van der Waals surface area contributed by atoms with Crippen molar-refractivity contribution >= 4 is 16.1 Å². The molecule has 0 spiro atoms. The van der Waals surface area contributed by atoms with E-state index in [0.29, 0.717) is 0 Å². The molecule has 1 saturated heterocycles. The molecule has 1 heterocycles. The molecule has 9 heteroatoms. The summed E-state index contributed by atoms with van der Waals surface area (Å²) >= 11 is 0. The molecular formula is C20H22O8S. The fourth-order valence-electron chi connectivity index (χ4n) is 2.95. The van der Waals surface area contributed by atoms with Crippen molar-refractivity contribution in [2.24, 2.45) is 0 Å². The minimum absolute atomic E-state index is 0.140. The lowest BCUT2D eigenvalue weighted by molar-refractivity contribution is -0.270. The van der Waals surface area contributed by atoms with Gasteiger partial charge in [0.2, 0.25) is 0 Å². The topological polar surface area (TPSA) is 119 Å². The number of benzene rings is 2. The van der Waals surface area contributed by atoms with Crippen molar-refractivity contribution in [3.05, 3.63) is 65.7 Å². The van der Waals surface area contributed by atoms with Crippen LogP contribution < -0.4 is 0 Å². The van der Waals surface area contributed by atoms with Gasteiger partial charge in [-0.2, -0.15) is 8.42 Å². The fourth-order valence-corrected chi connectivity index (χ4v) is 4.03.